The molecule has 0 fully saturated rings. The second-order valence-electron chi connectivity index (χ2n) is 6.78. The molecule has 3 aromatic carbocycles. The number of hydrogen-bond donors (Lipinski definition) is 1. The molecule has 150 valence electrons. The zero-order valence-electron chi connectivity index (χ0n) is 16.3. The number of nitrogens with zero attached hydrogens (tertiary/aromatic N) is 1. The van der Waals surface area contributed by atoms with E-state index in [-0.39, 0.29) is 18.0 Å². The van der Waals surface area contributed by atoms with Crippen molar-refractivity contribution in [3.8, 4) is 5.75 Å². The lowest BCUT2D eigenvalue weighted by atomic mass is 10.1. The molecule has 5 nitrogen and oxygen atoms in total. The van der Waals surface area contributed by atoms with Crippen LogP contribution in [-0.4, -0.2) is 18.0 Å². The summed E-state index contributed by atoms with van der Waals surface area (Å²) in [6, 6.07) is 23.9. The number of ether oxygens (including phenoxy) is 1. The topological polar surface area (TPSA) is 62.4 Å². The van der Waals surface area contributed by atoms with Gasteiger partial charge in [-0.15, -0.1) is 0 Å². The lowest BCUT2D eigenvalue weighted by Crippen LogP contribution is -2.33. The van der Waals surface area contributed by atoms with E-state index in [2.05, 4.69) is 20.9 Å². The van der Waals surface area contributed by atoms with Crippen molar-refractivity contribution in [2.24, 2.45) is 0 Å². The Morgan fingerprint density at radius 2 is 1.70 bits per heavy atom. The second-order valence-corrected chi connectivity index (χ2v) is 7.63. The predicted molar refractivity (Wildman–Crippen MR) is 122 cm³/mol. The standard InChI is InChI=1S/C24H19BrN2O3/c1-30-19-12-10-18(11-13-19)27(24(29)20-7-3-4-8-21(20)25)15-17-14-16-6-2-5-9-22(16)26-23(17)28/h2-14H,15H2,1H3,(H,26,28). The van der Waals surface area contributed by atoms with E-state index in [1.54, 1.807) is 30.2 Å². The van der Waals surface area contributed by atoms with E-state index in [1.165, 1.54) is 0 Å². The number of aromatic nitrogens is 1. The number of benzene rings is 3. The molecule has 1 N–H and O–H groups in total. The number of para-hydroxylation sites is 1. The van der Waals surface area contributed by atoms with Crippen molar-refractivity contribution >= 4 is 38.4 Å². The maximum atomic E-state index is 13.5. The summed E-state index contributed by atoms with van der Waals surface area (Å²) in [5.41, 5.74) is 2.24. The number of carbonyl (C=O) groups is 1. The van der Waals surface area contributed by atoms with Crippen molar-refractivity contribution in [3.05, 3.63) is 105 Å². The molecule has 1 amide bonds. The largest absolute Gasteiger partial charge is 0.497 e. The minimum atomic E-state index is -0.216. The minimum absolute atomic E-state index is 0.132. The highest BCUT2D eigenvalue weighted by atomic mass is 79.9. The molecular formula is C24H19BrN2O3. The maximum Gasteiger partial charge on any atom is 0.259 e. The molecule has 0 aliphatic rings. The summed E-state index contributed by atoms with van der Waals surface area (Å²) in [5, 5.41) is 0.912. The predicted octanol–water partition coefficient (Wildman–Crippen LogP) is 5.15. The Kier molecular flexibility index (Phi) is 5.68. The molecule has 4 aromatic rings. The van der Waals surface area contributed by atoms with Gasteiger partial charge in [-0.05, 0) is 69.8 Å². The number of carbonyl (C=O) groups excluding carboxylic acids is 1. The first-order valence-corrected chi connectivity index (χ1v) is 10.2. The molecule has 0 saturated carbocycles. The van der Waals surface area contributed by atoms with E-state index in [1.807, 2.05) is 60.7 Å². The third-order valence-corrected chi connectivity index (χ3v) is 5.58. The van der Waals surface area contributed by atoms with Crippen LogP contribution in [0.25, 0.3) is 10.9 Å². The number of amides is 1. The highest BCUT2D eigenvalue weighted by Crippen LogP contribution is 2.26. The number of H-pyrrole nitrogens is 1. The number of halogens is 1. The van der Waals surface area contributed by atoms with Crippen molar-refractivity contribution in [2.45, 2.75) is 6.54 Å². The van der Waals surface area contributed by atoms with Crippen LogP contribution in [0, 0.1) is 0 Å². The van der Waals surface area contributed by atoms with Gasteiger partial charge in [0.1, 0.15) is 5.75 Å². The fraction of sp³-hybridized carbons (Fsp3) is 0.0833. The van der Waals surface area contributed by atoms with Crippen LogP contribution in [0.1, 0.15) is 15.9 Å². The third-order valence-electron chi connectivity index (χ3n) is 4.89. The Morgan fingerprint density at radius 3 is 2.43 bits per heavy atom. The third kappa shape index (κ3) is 4.00. The smallest absolute Gasteiger partial charge is 0.259 e. The van der Waals surface area contributed by atoms with E-state index in [9.17, 15) is 9.59 Å². The van der Waals surface area contributed by atoms with Crippen LogP contribution in [0.3, 0.4) is 0 Å². The Morgan fingerprint density at radius 1 is 1.00 bits per heavy atom. The highest BCUT2D eigenvalue weighted by molar-refractivity contribution is 9.10. The summed E-state index contributed by atoms with van der Waals surface area (Å²) >= 11 is 3.46. The SMILES string of the molecule is COc1ccc(N(Cc2cc3ccccc3[nH]c2=O)C(=O)c2ccccc2Br)cc1. The van der Waals surface area contributed by atoms with Gasteiger partial charge in [-0.25, -0.2) is 0 Å². The first kappa shape index (κ1) is 19.9. The highest BCUT2D eigenvalue weighted by Gasteiger charge is 2.21. The van der Waals surface area contributed by atoms with Crippen LogP contribution in [0.5, 0.6) is 5.75 Å². The van der Waals surface area contributed by atoms with Crippen LogP contribution in [0.4, 0.5) is 5.69 Å². The number of aromatic amines is 1. The fourth-order valence-corrected chi connectivity index (χ4v) is 3.76. The Bertz CT molecular complexity index is 1270. The van der Waals surface area contributed by atoms with Gasteiger partial charge in [0.05, 0.1) is 19.2 Å². The molecule has 0 aliphatic heterocycles. The van der Waals surface area contributed by atoms with E-state index in [4.69, 9.17) is 4.74 Å². The number of rotatable bonds is 5. The molecule has 4 rings (SSSR count). The number of nitrogens with one attached hydrogen (secondary N) is 1. The van der Waals surface area contributed by atoms with Crippen molar-refractivity contribution in [1.82, 2.24) is 4.98 Å². The van der Waals surface area contributed by atoms with Crippen LogP contribution in [-0.2, 0) is 6.54 Å². The lowest BCUT2D eigenvalue weighted by molar-refractivity contribution is 0.0984. The summed E-state index contributed by atoms with van der Waals surface area (Å²) in [6.45, 7) is 0.132. The summed E-state index contributed by atoms with van der Waals surface area (Å²) in [6.07, 6.45) is 0. The van der Waals surface area contributed by atoms with Crippen LogP contribution >= 0.6 is 15.9 Å². The van der Waals surface area contributed by atoms with Gasteiger partial charge in [-0.1, -0.05) is 30.3 Å². The number of fused-ring (bicyclic) bond motifs is 1. The van der Waals surface area contributed by atoms with E-state index in [0.29, 0.717) is 27.0 Å². The molecule has 0 radical (unpaired) electrons. The van der Waals surface area contributed by atoms with Gasteiger partial charge in [0.25, 0.3) is 11.5 Å². The van der Waals surface area contributed by atoms with Gasteiger partial charge < -0.3 is 14.6 Å². The number of hydrogen-bond acceptors (Lipinski definition) is 3. The molecule has 0 saturated heterocycles. The Labute approximate surface area is 182 Å². The fourth-order valence-electron chi connectivity index (χ4n) is 3.30. The number of methoxy groups -OCH3 is 1. The molecule has 1 heterocycles. The van der Waals surface area contributed by atoms with Crippen LogP contribution in [0.15, 0.2) is 88.1 Å². The van der Waals surface area contributed by atoms with E-state index < -0.39 is 0 Å². The summed E-state index contributed by atoms with van der Waals surface area (Å²) in [4.78, 5) is 30.7. The molecule has 1 aromatic heterocycles. The summed E-state index contributed by atoms with van der Waals surface area (Å²) in [7, 11) is 1.59. The van der Waals surface area contributed by atoms with Gasteiger partial charge in [-0.2, -0.15) is 0 Å². The van der Waals surface area contributed by atoms with Crippen molar-refractivity contribution < 1.29 is 9.53 Å². The van der Waals surface area contributed by atoms with Gasteiger partial charge in [-0.3, -0.25) is 9.59 Å². The van der Waals surface area contributed by atoms with Gasteiger partial charge >= 0.3 is 0 Å². The monoisotopic (exact) mass is 462 g/mol. The Hall–Kier alpha value is -3.38. The quantitative estimate of drug-likeness (QED) is 0.446. The molecule has 0 bridgehead atoms. The van der Waals surface area contributed by atoms with Crippen molar-refractivity contribution in [3.63, 3.8) is 0 Å². The molecule has 0 spiro atoms. The molecule has 6 heteroatoms. The van der Waals surface area contributed by atoms with Crippen molar-refractivity contribution in [2.75, 3.05) is 12.0 Å². The van der Waals surface area contributed by atoms with Gasteiger partial charge in [0.15, 0.2) is 0 Å². The maximum absolute atomic E-state index is 13.5. The van der Waals surface area contributed by atoms with E-state index >= 15 is 0 Å². The molecule has 0 unspecified atom stereocenters. The molecule has 0 aliphatic carbocycles. The van der Waals surface area contributed by atoms with Gasteiger partial charge in [0, 0.05) is 21.2 Å². The number of anilines is 1. The van der Waals surface area contributed by atoms with E-state index in [0.717, 1.165) is 10.9 Å². The minimum Gasteiger partial charge on any atom is -0.497 e. The number of pyridine rings is 1. The molecule has 30 heavy (non-hydrogen) atoms. The van der Waals surface area contributed by atoms with Crippen LogP contribution < -0.4 is 15.2 Å². The Balaban J connectivity index is 1.79. The van der Waals surface area contributed by atoms with Gasteiger partial charge in [0.2, 0.25) is 0 Å². The van der Waals surface area contributed by atoms with Crippen LogP contribution in [0.2, 0.25) is 0 Å². The normalized spacial score (nSPS) is 10.7. The lowest BCUT2D eigenvalue weighted by Gasteiger charge is -2.24. The molecule has 0 atom stereocenters. The summed E-state index contributed by atoms with van der Waals surface area (Å²) < 4.78 is 5.93. The average Bonchev–Trinajstić information content (AvgIpc) is 2.77. The first-order valence-electron chi connectivity index (χ1n) is 9.38. The summed E-state index contributed by atoms with van der Waals surface area (Å²) in [5.74, 6) is 0.482. The first-order chi connectivity index (χ1) is 14.6. The average molecular weight is 463 g/mol. The molecular weight excluding hydrogens is 444 g/mol. The zero-order chi connectivity index (χ0) is 21.1. The second kappa shape index (κ2) is 8.55. The van der Waals surface area contributed by atoms with Crippen molar-refractivity contribution in [1.29, 1.82) is 0 Å². The zero-order valence-corrected chi connectivity index (χ0v) is 17.8.